The molecule has 0 amide bonds. The number of allylic oxidation sites excluding steroid dienone is 8. The molecular formula is C31H58. The van der Waals surface area contributed by atoms with Gasteiger partial charge in [0.1, 0.15) is 0 Å². The van der Waals surface area contributed by atoms with Gasteiger partial charge in [-0.05, 0) is 57.1 Å². The molecule has 1 aliphatic rings. The van der Waals surface area contributed by atoms with E-state index in [2.05, 4.69) is 93.9 Å². The molecular weight excluding hydrogens is 372 g/mol. The van der Waals surface area contributed by atoms with E-state index in [1.54, 1.807) is 0 Å². The second-order valence-electron chi connectivity index (χ2n) is 9.05. The van der Waals surface area contributed by atoms with Crippen molar-refractivity contribution in [3.8, 4) is 0 Å². The van der Waals surface area contributed by atoms with Crippen LogP contribution in [0.25, 0.3) is 0 Å². The number of rotatable bonds is 2. The van der Waals surface area contributed by atoms with Gasteiger partial charge < -0.3 is 0 Å². The largest absolute Gasteiger partial charge is 0.0953 e. The van der Waals surface area contributed by atoms with Crippen LogP contribution in [0.2, 0.25) is 0 Å². The van der Waals surface area contributed by atoms with Crippen molar-refractivity contribution in [1.82, 2.24) is 0 Å². The van der Waals surface area contributed by atoms with Crippen molar-refractivity contribution in [2.75, 3.05) is 0 Å². The van der Waals surface area contributed by atoms with E-state index < -0.39 is 0 Å². The van der Waals surface area contributed by atoms with E-state index in [0.717, 1.165) is 35.1 Å². The Hall–Kier alpha value is -1.56. The molecule has 0 atom stereocenters. The highest BCUT2D eigenvalue weighted by molar-refractivity contribution is 5.59. The molecule has 0 aliphatic heterocycles. The standard InChI is InChI=1S/C22H32.C3H8.3C2H6/c1-15(21(5,6)7)13-19-11-12-20(18(4)17(19)3)14-16(2)22(8,9)10;1-3-2;3*1-2/h13-14H,1-4,11-12H2,5-10H3;3H2,1-2H3;3*1-2H3/b19-13-,20-14-;;;;. The molecule has 0 aromatic carbocycles. The predicted octanol–water partition coefficient (Wildman–Crippen LogP) is 11.4. The van der Waals surface area contributed by atoms with Gasteiger partial charge in [-0.15, -0.1) is 0 Å². The molecule has 0 nitrogen and oxygen atoms in total. The Morgan fingerprint density at radius 1 is 0.645 bits per heavy atom. The molecule has 0 N–H and O–H groups in total. The lowest BCUT2D eigenvalue weighted by atomic mass is 9.77. The number of hydrogen-bond acceptors (Lipinski definition) is 0. The Balaban J connectivity index is -0.000000354. The maximum absolute atomic E-state index is 4.25. The van der Waals surface area contributed by atoms with Gasteiger partial charge in [-0.25, -0.2) is 0 Å². The van der Waals surface area contributed by atoms with Gasteiger partial charge in [-0.3, -0.25) is 0 Å². The van der Waals surface area contributed by atoms with Gasteiger partial charge in [0.2, 0.25) is 0 Å². The van der Waals surface area contributed by atoms with Crippen LogP contribution in [0.3, 0.4) is 0 Å². The zero-order valence-electron chi connectivity index (χ0n) is 24.1. The van der Waals surface area contributed by atoms with Gasteiger partial charge in [0, 0.05) is 0 Å². The van der Waals surface area contributed by atoms with Crippen LogP contribution in [0.4, 0.5) is 0 Å². The van der Waals surface area contributed by atoms with E-state index in [4.69, 9.17) is 0 Å². The van der Waals surface area contributed by atoms with Gasteiger partial charge >= 0.3 is 0 Å². The van der Waals surface area contributed by atoms with Crippen LogP contribution in [-0.2, 0) is 0 Å². The topological polar surface area (TPSA) is 0 Å². The van der Waals surface area contributed by atoms with E-state index in [1.807, 2.05) is 41.5 Å². The molecule has 0 heterocycles. The molecule has 0 heteroatoms. The molecule has 1 aliphatic carbocycles. The summed E-state index contributed by atoms with van der Waals surface area (Å²) in [5.74, 6) is 0. The van der Waals surface area contributed by atoms with Gasteiger partial charge in [0.15, 0.2) is 0 Å². The molecule has 1 rings (SSSR count). The first kappa shape index (κ1) is 36.8. The first-order valence-corrected chi connectivity index (χ1v) is 12.4. The Kier molecular flexibility index (Phi) is 22.7. The summed E-state index contributed by atoms with van der Waals surface area (Å²) in [4.78, 5) is 0. The summed E-state index contributed by atoms with van der Waals surface area (Å²) >= 11 is 0. The summed E-state index contributed by atoms with van der Waals surface area (Å²) in [5, 5.41) is 0. The fourth-order valence-electron chi connectivity index (χ4n) is 2.13. The zero-order valence-corrected chi connectivity index (χ0v) is 24.1. The van der Waals surface area contributed by atoms with Crippen molar-refractivity contribution in [3.05, 3.63) is 71.9 Å². The second-order valence-corrected chi connectivity index (χ2v) is 9.05. The molecule has 1 saturated carbocycles. The van der Waals surface area contributed by atoms with Crippen molar-refractivity contribution in [3.63, 3.8) is 0 Å². The van der Waals surface area contributed by atoms with Gasteiger partial charge in [0.05, 0.1) is 0 Å². The second kappa shape index (κ2) is 19.1. The lowest BCUT2D eigenvalue weighted by molar-refractivity contribution is 0.517. The van der Waals surface area contributed by atoms with Crippen LogP contribution >= 0.6 is 0 Å². The summed E-state index contributed by atoms with van der Waals surface area (Å²) in [7, 11) is 0. The lowest BCUT2D eigenvalue weighted by Crippen LogP contribution is -2.11. The summed E-state index contributed by atoms with van der Waals surface area (Å²) in [6.45, 7) is 46.3. The fraction of sp³-hybridized carbons (Fsp3) is 0.613. The van der Waals surface area contributed by atoms with Gasteiger partial charge in [0.25, 0.3) is 0 Å². The molecule has 0 aromatic heterocycles. The van der Waals surface area contributed by atoms with Crippen molar-refractivity contribution in [2.24, 2.45) is 10.8 Å². The van der Waals surface area contributed by atoms with Crippen molar-refractivity contribution in [1.29, 1.82) is 0 Å². The van der Waals surface area contributed by atoms with E-state index in [9.17, 15) is 0 Å². The Bertz CT molecular complexity index is 535. The highest BCUT2D eigenvalue weighted by Crippen LogP contribution is 2.39. The third-order valence-electron chi connectivity index (χ3n) is 4.43. The lowest BCUT2D eigenvalue weighted by Gasteiger charge is -2.27. The van der Waals surface area contributed by atoms with Crippen LogP contribution in [0, 0.1) is 10.8 Å². The molecule has 1 fully saturated rings. The monoisotopic (exact) mass is 430 g/mol. The average molecular weight is 431 g/mol. The maximum atomic E-state index is 4.25. The van der Waals surface area contributed by atoms with Crippen LogP contribution in [0.15, 0.2) is 71.9 Å². The normalized spacial score (nSPS) is 15.8. The maximum Gasteiger partial charge on any atom is -0.0138 e. The first-order chi connectivity index (χ1) is 14.3. The molecule has 0 bridgehead atoms. The SMILES string of the molecule is C=C1C(=C)/C(=C\C(=C)C(C)(C)C)CC/C1=C/C(=C)C(C)(C)C.CC.CC.CC.CCC. The van der Waals surface area contributed by atoms with E-state index >= 15 is 0 Å². The van der Waals surface area contributed by atoms with E-state index in [-0.39, 0.29) is 10.8 Å². The summed E-state index contributed by atoms with van der Waals surface area (Å²) in [6.07, 6.45) is 7.64. The fourth-order valence-corrected chi connectivity index (χ4v) is 2.13. The molecule has 0 aromatic rings. The molecule has 0 unspecified atom stereocenters. The van der Waals surface area contributed by atoms with E-state index in [1.165, 1.54) is 17.6 Å². The summed E-state index contributed by atoms with van der Waals surface area (Å²) in [5.41, 5.74) is 7.09. The minimum absolute atomic E-state index is 0.0885. The van der Waals surface area contributed by atoms with Gasteiger partial charge in [-0.1, -0.05) is 142 Å². The third kappa shape index (κ3) is 15.8. The Morgan fingerprint density at radius 2 is 0.839 bits per heavy atom. The van der Waals surface area contributed by atoms with Crippen LogP contribution in [0.5, 0.6) is 0 Å². The molecule has 31 heavy (non-hydrogen) atoms. The molecule has 0 radical (unpaired) electrons. The molecule has 182 valence electrons. The highest BCUT2D eigenvalue weighted by atomic mass is 14.3. The highest BCUT2D eigenvalue weighted by Gasteiger charge is 2.22. The average Bonchev–Trinajstić information content (AvgIpc) is 2.71. The third-order valence-corrected chi connectivity index (χ3v) is 4.43. The molecule has 0 spiro atoms. The number of hydrogen-bond donors (Lipinski definition) is 0. The Morgan fingerprint density at radius 3 is 1.00 bits per heavy atom. The first-order valence-electron chi connectivity index (χ1n) is 12.4. The summed E-state index contributed by atoms with van der Waals surface area (Å²) in [6, 6.07) is 0. The smallest absolute Gasteiger partial charge is 0.0138 e. The van der Waals surface area contributed by atoms with Crippen molar-refractivity contribution < 1.29 is 0 Å². The van der Waals surface area contributed by atoms with Crippen LogP contribution < -0.4 is 0 Å². The van der Waals surface area contributed by atoms with Gasteiger partial charge in [-0.2, -0.15) is 0 Å². The molecule has 0 saturated heterocycles. The van der Waals surface area contributed by atoms with Crippen molar-refractivity contribution >= 4 is 0 Å². The van der Waals surface area contributed by atoms with Crippen LogP contribution in [0.1, 0.15) is 116 Å². The summed E-state index contributed by atoms with van der Waals surface area (Å²) < 4.78 is 0. The quantitative estimate of drug-likeness (QED) is 0.408. The minimum Gasteiger partial charge on any atom is -0.0953 e. The van der Waals surface area contributed by atoms with E-state index in [0.29, 0.717) is 0 Å². The minimum atomic E-state index is 0.0885. The predicted molar refractivity (Wildman–Crippen MR) is 151 cm³/mol. The Labute approximate surface area is 199 Å². The zero-order chi connectivity index (χ0) is 26.0. The van der Waals surface area contributed by atoms with Crippen molar-refractivity contribution in [2.45, 2.75) is 116 Å². The van der Waals surface area contributed by atoms with Crippen LogP contribution in [-0.4, -0.2) is 0 Å².